The molecule has 0 amide bonds. The Hall–Kier alpha value is -4.37. The summed E-state index contributed by atoms with van der Waals surface area (Å²) in [5.41, 5.74) is 5.54. The van der Waals surface area contributed by atoms with Crippen LogP contribution in [0.15, 0.2) is 81.1 Å². The molecule has 1 aliphatic rings. The number of hydrogen-bond donors (Lipinski definition) is 0. The van der Waals surface area contributed by atoms with Gasteiger partial charge >= 0.3 is 0 Å². The SMILES string of the molecule is CCCCc1nc2ccc(Br)cc2c(=O)n1N=Cc1cc(C)n(-c2ccc(OCc3ccc4c(c3)OCO4)cc2)c1C. The van der Waals surface area contributed by atoms with E-state index < -0.39 is 0 Å². The van der Waals surface area contributed by atoms with Gasteiger partial charge in [-0.15, -0.1) is 0 Å². The second kappa shape index (κ2) is 11.9. The van der Waals surface area contributed by atoms with Crippen molar-refractivity contribution in [3.8, 4) is 22.9 Å². The van der Waals surface area contributed by atoms with Gasteiger partial charge in [-0.3, -0.25) is 4.79 Å². The van der Waals surface area contributed by atoms with E-state index in [0.717, 1.165) is 62.8 Å². The highest BCUT2D eigenvalue weighted by Gasteiger charge is 2.15. The van der Waals surface area contributed by atoms with Crippen LogP contribution < -0.4 is 19.8 Å². The summed E-state index contributed by atoms with van der Waals surface area (Å²) in [5, 5.41) is 5.19. The molecule has 2 aromatic heterocycles. The van der Waals surface area contributed by atoms with Crippen molar-refractivity contribution >= 4 is 33.0 Å². The second-order valence-corrected chi connectivity index (χ2v) is 11.2. The van der Waals surface area contributed by atoms with Crippen LogP contribution in [-0.2, 0) is 13.0 Å². The van der Waals surface area contributed by atoms with Gasteiger partial charge in [0.15, 0.2) is 11.5 Å². The summed E-state index contributed by atoms with van der Waals surface area (Å²) in [4.78, 5) is 18.2. The number of halogens is 1. The molecule has 8 nitrogen and oxygen atoms in total. The quantitative estimate of drug-likeness (QED) is 0.163. The first-order valence-corrected chi connectivity index (χ1v) is 14.8. The maximum atomic E-state index is 13.4. The summed E-state index contributed by atoms with van der Waals surface area (Å²) >= 11 is 3.47. The van der Waals surface area contributed by atoms with Crippen molar-refractivity contribution in [2.45, 2.75) is 46.6 Å². The van der Waals surface area contributed by atoms with Gasteiger partial charge in [0.25, 0.3) is 5.56 Å². The number of aryl methyl sites for hydroxylation is 2. The smallest absolute Gasteiger partial charge is 0.282 e. The molecule has 0 unspecified atom stereocenters. The lowest BCUT2D eigenvalue weighted by Crippen LogP contribution is -2.22. The van der Waals surface area contributed by atoms with Crippen LogP contribution >= 0.6 is 15.9 Å². The molecule has 0 radical (unpaired) electrons. The fourth-order valence-electron chi connectivity index (χ4n) is 5.13. The molecule has 6 rings (SSSR count). The maximum Gasteiger partial charge on any atom is 0.282 e. The second-order valence-electron chi connectivity index (χ2n) is 10.3. The van der Waals surface area contributed by atoms with Crippen LogP contribution in [0.3, 0.4) is 0 Å². The number of unbranched alkanes of at least 4 members (excludes halogenated alkanes) is 1. The van der Waals surface area contributed by atoms with Gasteiger partial charge in [-0.25, -0.2) is 4.98 Å². The van der Waals surface area contributed by atoms with E-state index in [9.17, 15) is 4.79 Å². The van der Waals surface area contributed by atoms with Crippen molar-refractivity contribution in [1.82, 2.24) is 14.2 Å². The van der Waals surface area contributed by atoms with Crippen molar-refractivity contribution in [2.24, 2.45) is 5.10 Å². The third-order valence-corrected chi connectivity index (χ3v) is 7.84. The minimum atomic E-state index is -0.172. The van der Waals surface area contributed by atoms with Crippen LogP contribution in [0.4, 0.5) is 0 Å². The fraction of sp³-hybridized carbons (Fsp3) is 0.242. The van der Waals surface area contributed by atoms with Gasteiger partial charge in [-0.2, -0.15) is 9.78 Å². The van der Waals surface area contributed by atoms with E-state index in [0.29, 0.717) is 29.8 Å². The Bertz CT molecular complexity index is 1860. The number of aromatic nitrogens is 3. The Morgan fingerprint density at radius 2 is 1.83 bits per heavy atom. The Kier molecular flexibility index (Phi) is 7.84. The molecule has 5 aromatic rings. The van der Waals surface area contributed by atoms with E-state index in [1.54, 1.807) is 12.3 Å². The minimum absolute atomic E-state index is 0.172. The third kappa shape index (κ3) is 5.56. The number of nitrogens with zero attached hydrogens (tertiary/aromatic N) is 4. The first-order valence-electron chi connectivity index (χ1n) is 14.0. The predicted molar refractivity (Wildman–Crippen MR) is 167 cm³/mol. The first kappa shape index (κ1) is 27.8. The van der Waals surface area contributed by atoms with Crippen molar-refractivity contribution < 1.29 is 14.2 Å². The Morgan fingerprint density at radius 3 is 2.64 bits per heavy atom. The summed E-state index contributed by atoms with van der Waals surface area (Å²) < 4.78 is 21.3. The zero-order valence-electron chi connectivity index (χ0n) is 23.8. The van der Waals surface area contributed by atoms with Crippen molar-refractivity contribution in [3.05, 3.63) is 110 Å². The summed E-state index contributed by atoms with van der Waals surface area (Å²) in [6.07, 6.45) is 4.36. The predicted octanol–water partition coefficient (Wildman–Crippen LogP) is 7.10. The minimum Gasteiger partial charge on any atom is -0.489 e. The molecule has 214 valence electrons. The topological polar surface area (TPSA) is 79.9 Å². The van der Waals surface area contributed by atoms with Gasteiger partial charge < -0.3 is 18.8 Å². The van der Waals surface area contributed by atoms with Crippen LogP contribution in [0.25, 0.3) is 16.6 Å². The van der Waals surface area contributed by atoms with Crippen molar-refractivity contribution in [2.75, 3.05) is 6.79 Å². The van der Waals surface area contributed by atoms with E-state index in [-0.39, 0.29) is 12.4 Å². The van der Waals surface area contributed by atoms with E-state index in [1.807, 2.05) is 54.6 Å². The summed E-state index contributed by atoms with van der Waals surface area (Å²) in [5.74, 6) is 2.95. The molecule has 3 heterocycles. The molecule has 0 fully saturated rings. The maximum absolute atomic E-state index is 13.4. The Morgan fingerprint density at radius 1 is 1.02 bits per heavy atom. The van der Waals surface area contributed by atoms with E-state index in [4.69, 9.17) is 19.2 Å². The highest BCUT2D eigenvalue weighted by atomic mass is 79.9. The zero-order valence-corrected chi connectivity index (χ0v) is 25.3. The number of benzene rings is 3. The highest BCUT2D eigenvalue weighted by molar-refractivity contribution is 9.10. The lowest BCUT2D eigenvalue weighted by molar-refractivity contribution is 0.174. The largest absolute Gasteiger partial charge is 0.489 e. The monoisotopic (exact) mass is 626 g/mol. The van der Waals surface area contributed by atoms with Crippen molar-refractivity contribution in [3.63, 3.8) is 0 Å². The number of ether oxygens (including phenoxy) is 3. The zero-order chi connectivity index (χ0) is 29.2. The molecule has 0 N–H and O–H groups in total. The molecule has 0 bridgehead atoms. The van der Waals surface area contributed by atoms with Crippen LogP contribution in [0.5, 0.6) is 17.2 Å². The van der Waals surface area contributed by atoms with Gasteiger partial charge in [-0.05, 0) is 86.5 Å². The average Bonchev–Trinajstić information content (AvgIpc) is 3.58. The molecule has 1 aliphatic heterocycles. The molecule has 3 aromatic carbocycles. The van der Waals surface area contributed by atoms with Crippen LogP contribution in [0.2, 0.25) is 0 Å². The summed E-state index contributed by atoms with van der Waals surface area (Å²) in [6.45, 7) is 6.91. The van der Waals surface area contributed by atoms with Gasteiger partial charge in [0, 0.05) is 33.5 Å². The van der Waals surface area contributed by atoms with E-state index in [1.165, 1.54) is 4.68 Å². The first-order chi connectivity index (χ1) is 20.4. The molecule has 0 saturated heterocycles. The number of fused-ring (bicyclic) bond motifs is 2. The number of hydrogen-bond acceptors (Lipinski definition) is 6. The summed E-state index contributed by atoms with van der Waals surface area (Å²) in [6, 6.07) is 21.5. The van der Waals surface area contributed by atoms with Crippen molar-refractivity contribution in [1.29, 1.82) is 0 Å². The van der Waals surface area contributed by atoms with E-state index >= 15 is 0 Å². The molecule has 0 saturated carbocycles. The molecule has 0 spiro atoms. The Balaban J connectivity index is 1.23. The van der Waals surface area contributed by atoms with Crippen LogP contribution in [0.1, 0.15) is 48.1 Å². The molecule has 42 heavy (non-hydrogen) atoms. The lowest BCUT2D eigenvalue weighted by atomic mass is 10.2. The molecule has 0 aliphatic carbocycles. The molecule has 0 atom stereocenters. The number of rotatable bonds is 9. The molecular formula is C33H31BrN4O4. The van der Waals surface area contributed by atoms with Gasteiger partial charge in [-0.1, -0.05) is 35.3 Å². The highest BCUT2D eigenvalue weighted by Crippen LogP contribution is 2.33. The van der Waals surface area contributed by atoms with Gasteiger partial charge in [0.1, 0.15) is 18.2 Å². The lowest BCUT2D eigenvalue weighted by Gasteiger charge is -2.12. The van der Waals surface area contributed by atoms with Crippen LogP contribution in [-0.4, -0.2) is 27.2 Å². The molecule has 9 heteroatoms. The van der Waals surface area contributed by atoms with E-state index in [2.05, 4.69) is 52.4 Å². The van der Waals surface area contributed by atoms with Gasteiger partial charge in [0.2, 0.25) is 6.79 Å². The fourth-order valence-corrected chi connectivity index (χ4v) is 5.50. The average molecular weight is 628 g/mol. The van der Waals surface area contributed by atoms with Gasteiger partial charge in [0.05, 0.1) is 17.1 Å². The normalized spacial score (nSPS) is 12.5. The third-order valence-electron chi connectivity index (χ3n) is 7.35. The Labute approximate surface area is 252 Å². The standard InChI is InChI=1S/C33H31BrN4O4/c1-4-5-6-32-36-29-13-8-25(34)17-28(29)33(39)38(32)35-18-24-15-21(2)37(22(24)3)26-9-11-27(12-10-26)40-19-23-7-14-30-31(16-23)42-20-41-30/h7-18H,4-6,19-20H2,1-3H3. The summed E-state index contributed by atoms with van der Waals surface area (Å²) in [7, 11) is 0. The molecular weight excluding hydrogens is 596 g/mol. The van der Waals surface area contributed by atoms with Crippen LogP contribution in [0, 0.1) is 13.8 Å².